The summed E-state index contributed by atoms with van der Waals surface area (Å²) >= 11 is 1.85. The zero-order chi connectivity index (χ0) is 40.4. The van der Waals surface area contributed by atoms with Gasteiger partial charge in [-0.15, -0.1) is 22.3 Å². The van der Waals surface area contributed by atoms with E-state index in [1.807, 2.05) is 29.5 Å². The van der Waals surface area contributed by atoms with Crippen LogP contribution < -0.4 is 43.7 Å². The van der Waals surface area contributed by atoms with Gasteiger partial charge in [0.2, 0.25) is 5.95 Å². The second-order valence-corrected chi connectivity index (χ2v) is 17.2. The molecule has 0 N–H and O–H groups in total. The fraction of sp³-hybridized carbons (Fsp3) is 0. The monoisotopic (exact) mass is 766 g/mol. The number of thiophene rings is 1. The normalized spacial score (nSPS) is 11.9. The van der Waals surface area contributed by atoms with Gasteiger partial charge in [0.25, 0.3) is 0 Å². The van der Waals surface area contributed by atoms with Crippen molar-refractivity contribution in [2.75, 3.05) is 0 Å². The Morgan fingerprint density at radius 3 is 1.71 bits per heavy atom. The second kappa shape index (κ2) is 13.2. The zero-order valence-corrected chi connectivity index (χ0v) is 35.3. The zero-order valence-electron chi connectivity index (χ0n) is 34.5. The van der Waals surface area contributed by atoms with E-state index in [2.05, 4.69) is 158 Å². The Hall–Kier alpha value is -6.11. The maximum absolute atomic E-state index is 6.91. The van der Waals surface area contributed by atoms with Crippen LogP contribution in [0.3, 0.4) is 0 Å². The lowest BCUT2D eigenvalue weighted by atomic mass is 9.63. The van der Waals surface area contributed by atoms with Crippen LogP contribution in [0, 0.1) is 0 Å². The Morgan fingerprint density at radius 1 is 0.441 bits per heavy atom. The fourth-order valence-corrected chi connectivity index (χ4v) is 10.8. The number of fused-ring (bicyclic) bond motifs is 9. The number of aromatic nitrogens is 4. The number of hydrogen-bond donors (Lipinski definition) is 0. The third-order valence-corrected chi connectivity index (χ3v) is 14.5. The third-order valence-electron chi connectivity index (χ3n) is 13.3. The van der Waals surface area contributed by atoms with E-state index in [1.165, 1.54) is 80.2 Å². The molecular formula is C45H34B8N4OS. The lowest BCUT2D eigenvalue weighted by Gasteiger charge is -2.16. The number of para-hydroxylation sites is 1. The minimum atomic E-state index is 0.568. The topological polar surface area (TPSA) is 56.7 Å². The van der Waals surface area contributed by atoms with E-state index in [-0.39, 0.29) is 0 Å². The smallest absolute Gasteiger partial charge is 0.238 e. The number of benzene rings is 7. The van der Waals surface area contributed by atoms with E-state index in [0.29, 0.717) is 17.6 Å². The summed E-state index contributed by atoms with van der Waals surface area (Å²) in [5.74, 6) is 1.77. The third kappa shape index (κ3) is 5.12. The van der Waals surface area contributed by atoms with Gasteiger partial charge in [-0.2, -0.15) is 9.97 Å². The minimum absolute atomic E-state index is 0.568. The molecular weight excluding hydrogens is 731 g/mol. The molecule has 0 amide bonds. The summed E-state index contributed by atoms with van der Waals surface area (Å²) in [6, 6.07) is 38.3. The Labute approximate surface area is 352 Å². The van der Waals surface area contributed by atoms with Crippen LogP contribution in [-0.4, -0.2) is 82.3 Å². The molecule has 59 heavy (non-hydrogen) atoms. The van der Waals surface area contributed by atoms with Gasteiger partial charge in [-0.1, -0.05) is 124 Å². The molecule has 0 radical (unpaired) electrons. The lowest BCUT2D eigenvalue weighted by molar-refractivity contribution is 0.669. The first-order valence-electron chi connectivity index (χ1n) is 20.3. The van der Waals surface area contributed by atoms with Crippen molar-refractivity contribution in [1.82, 2.24) is 19.5 Å². The van der Waals surface area contributed by atoms with Gasteiger partial charge in [0.05, 0.1) is 5.56 Å². The highest BCUT2D eigenvalue weighted by Crippen LogP contribution is 2.45. The van der Waals surface area contributed by atoms with Crippen molar-refractivity contribution >= 4 is 182 Å². The summed E-state index contributed by atoms with van der Waals surface area (Å²) in [7, 11) is 18.0. The van der Waals surface area contributed by atoms with Gasteiger partial charge in [0, 0.05) is 53.1 Å². The highest BCUT2D eigenvalue weighted by atomic mass is 32.1. The molecule has 0 unspecified atom stereocenters. The van der Waals surface area contributed by atoms with Gasteiger partial charge in [-0.05, 0) is 34.5 Å². The highest BCUT2D eigenvalue weighted by molar-refractivity contribution is 7.26. The van der Waals surface area contributed by atoms with Crippen LogP contribution in [0.25, 0.3) is 104 Å². The van der Waals surface area contributed by atoms with Crippen LogP contribution in [0.4, 0.5) is 0 Å². The van der Waals surface area contributed by atoms with Crippen LogP contribution >= 0.6 is 11.3 Å². The molecule has 4 aromatic heterocycles. The minimum Gasteiger partial charge on any atom is -0.455 e. The summed E-state index contributed by atoms with van der Waals surface area (Å²) in [6.45, 7) is 0. The molecule has 0 saturated carbocycles. The highest BCUT2D eigenvalue weighted by Gasteiger charge is 2.26. The molecule has 0 bridgehead atoms. The van der Waals surface area contributed by atoms with E-state index in [1.54, 1.807) is 0 Å². The Balaban J connectivity index is 1.22. The van der Waals surface area contributed by atoms with Crippen molar-refractivity contribution in [3.63, 3.8) is 0 Å². The fourth-order valence-electron chi connectivity index (χ4n) is 9.58. The first kappa shape index (κ1) is 36.0. The number of nitrogens with zero attached hydrogens (tertiary/aromatic N) is 4. The number of furan rings is 1. The van der Waals surface area contributed by atoms with E-state index in [9.17, 15) is 0 Å². The SMILES string of the molecule is Bc1c(B)c(B)c2c(c1B)c1c(B)c(B)c(B)c(B)c1n2-c1nc(-c2ccccc2)nc(-c2cccc3c2oc2cccc(-c4cccc5c4sc4ccccc45)c23)n1. The molecule has 0 aliphatic heterocycles. The maximum Gasteiger partial charge on any atom is 0.238 e. The van der Waals surface area contributed by atoms with Crippen LogP contribution in [0.1, 0.15) is 0 Å². The first-order valence-corrected chi connectivity index (χ1v) is 21.1. The van der Waals surface area contributed by atoms with E-state index in [4.69, 9.17) is 19.4 Å². The van der Waals surface area contributed by atoms with Crippen molar-refractivity contribution in [3.05, 3.63) is 109 Å². The molecule has 11 rings (SSSR count). The standard InChI is InChI=1S/C45H34B8N4OS/c46-31-29-30-32(47)34(49)36(51)38(53)40(30)57(39(29)37(52)35(50)33(31)48)45-55-43(19-9-2-1-3-10-19)54-44(56-45)25-16-7-15-24-28-21(12-8-17-26(28)58-41(24)25)23-14-6-13-22-20-11-4-5-18-27(20)59-42(22)23/h1-18H,46-53H2. The molecule has 0 aliphatic rings. The summed E-state index contributed by atoms with van der Waals surface area (Å²) in [5.41, 5.74) is 18.3. The molecule has 0 fully saturated rings. The predicted octanol–water partition coefficient (Wildman–Crippen LogP) is -1.70. The van der Waals surface area contributed by atoms with E-state index in [0.717, 1.165) is 49.7 Å². The summed E-state index contributed by atoms with van der Waals surface area (Å²) in [4.78, 5) is 16.1. The molecule has 14 heteroatoms. The van der Waals surface area contributed by atoms with E-state index < -0.39 is 0 Å². The van der Waals surface area contributed by atoms with Gasteiger partial charge in [0.1, 0.15) is 73.9 Å². The maximum atomic E-state index is 6.91. The molecule has 0 atom stereocenters. The van der Waals surface area contributed by atoms with Gasteiger partial charge >= 0.3 is 0 Å². The molecule has 0 saturated heterocycles. The van der Waals surface area contributed by atoms with Gasteiger partial charge < -0.3 is 4.42 Å². The summed E-state index contributed by atoms with van der Waals surface area (Å²) in [5, 5.41) is 7.22. The predicted molar refractivity (Wildman–Crippen MR) is 276 cm³/mol. The van der Waals surface area contributed by atoms with Crippen molar-refractivity contribution in [2.45, 2.75) is 0 Å². The summed E-state index contributed by atoms with van der Waals surface area (Å²) in [6.07, 6.45) is 0. The number of hydrogen-bond acceptors (Lipinski definition) is 5. The Morgan fingerprint density at radius 2 is 1.00 bits per heavy atom. The van der Waals surface area contributed by atoms with Crippen molar-refractivity contribution in [1.29, 1.82) is 0 Å². The molecule has 11 aromatic rings. The molecule has 0 aliphatic carbocycles. The van der Waals surface area contributed by atoms with Crippen molar-refractivity contribution in [2.24, 2.45) is 0 Å². The van der Waals surface area contributed by atoms with Crippen LogP contribution in [0.2, 0.25) is 0 Å². The van der Waals surface area contributed by atoms with Gasteiger partial charge in [-0.3, -0.25) is 4.57 Å². The number of rotatable bonds is 4. The lowest BCUT2D eigenvalue weighted by Crippen LogP contribution is -2.49. The average molecular weight is 765 g/mol. The second-order valence-electron chi connectivity index (χ2n) is 16.2. The summed E-state index contributed by atoms with van der Waals surface area (Å²) < 4.78 is 11.8. The van der Waals surface area contributed by atoms with Crippen LogP contribution in [0.15, 0.2) is 114 Å². The molecule has 0 spiro atoms. The van der Waals surface area contributed by atoms with Crippen LogP contribution in [-0.2, 0) is 0 Å². The molecule has 7 aromatic carbocycles. The van der Waals surface area contributed by atoms with Crippen LogP contribution in [0.5, 0.6) is 0 Å². The van der Waals surface area contributed by atoms with Crippen molar-refractivity contribution < 1.29 is 4.42 Å². The van der Waals surface area contributed by atoms with E-state index >= 15 is 0 Å². The van der Waals surface area contributed by atoms with Crippen molar-refractivity contribution in [3.8, 4) is 39.9 Å². The Kier molecular flexibility index (Phi) is 8.06. The largest absolute Gasteiger partial charge is 0.455 e. The molecule has 4 heterocycles. The molecule has 270 valence electrons. The van der Waals surface area contributed by atoms with Gasteiger partial charge in [-0.25, -0.2) is 4.98 Å². The quantitative estimate of drug-likeness (QED) is 0.201. The average Bonchev–Trinajstić information content (AvgIpc) is 3.97. The first-order chi connectivity index (χ1) is 28.6. The van der Waals surface area contributed by atoms with Gasteiger partial charge in [0.15, 0.2) is 11.6 Å². The Bertz CT molecular complexity index is 3540. The molecule has 5 nitrogen and oxygen atoms in total.